The molecule has 1 aliphatic heterocycles. The quantitative estimate of drug-likeness (QED) is 0.566. The van der Waals surface area contributed by atoms with Crippen molar-refractivity contribution in [3.05, 3.63) is 21.9 Å². The van der Waals surface area contributed by atoms with Crippen molar-refractivity contribution in [2.45, 2.75) is 18.6 Å². The molecule has 0 radical (unpaired) electrons. The number of morpholine rings is 1. The van der Waals surface area contributed by atoms with Crippen LogP contribution in [0.2, 0.25) is 0 Å². The minimum Gasteiger partial charge on any atom is -0.479 e. The lowest BCUT2D eigenvalue weighted by molar-refractivity contribution is -0.180. The highest BCUT2D eigenvalue weighted by molar-refractivity contribution is 14.1. The van der Waals surface area contributed by atoms with E-state index in [0.717, 1.165) is 6.92 Å². The van der Waals surface area contributed by atoms with Gasteiger partial charge in [0, 0.05) is 0 Å². The first kappa shape index (κ1) is 15.1. The van der Waals surface area contributed by atoms with Gasteiger partial charge >= 0.3 is 5.97 Å². The number of carboxylic acid groups (broad SMARTS) is 1. The Balaban J connectivity index is 2.30. The fraction of sp³-hybridized carbons (Fsp3) is 0.417. The smallest absolute Gasteiger partial charge is 0.338 e. The summed E-state index contributed by atoms with van der Waals surface area (Å²) < 4.78 is 5.86. The van der Waals surface area contributed by atoms with Crippen molar-refractivity contribution in [2.75, 3.05) is 18.1 Å². The van der Waals surface area contributed by atoms with E-state index in [1.165, 1.54) is 4.90 Å². The first-order valence-corrected chi connectivity index (χ1v) is 6.93. The third-order valence-electron chi connectivity index (χ3n) is 3.01. The minimum absolute atomic E-state index is 0.132. The van der Waals surface area contributed by atoms with Gasteiger partial charge in [0.25, 0.3) is 5.91 Å². The predicted molar refractivity (Wildman–Crippen MR) is 77.3 cm³/mol. The molecule has 0 bridgehead atoms. The van der Waals surface area contributed by atoms with Crippen molar-refractivity contribution in [1.82, 2.24) is 4.98 Å². The van der Waals surface area contributed by atoms with Gasteiger partial charge in [0.1, 0.15) is 9.52 Å². The van der Waals surface area contributed by atoms with Crippen LogP contribution in [0.25, 0.3) is 0 Å². The van der Waals surface area contributed by atoms with E-state index in [0.29, 0.717) is 9.52 Å². The first-order valence-electron chi connectivity index (χ1n) is 5.85. The molecular weight excluding hydrogens is 379 g/mol. The summed E-state index contributed by atoms with van der Waals surface area (Å²) in [5, 5.41) is 18.9. The average Bonchev–Trinajstić information content (AvgIpc) is 2.38. The Labute approximate surface area is 128 Å². The highest BCUT2D eigenvalue weighted by Gasteiger charge is 2.48. The number of aliphatic hydroxyl groups is 1. The predicted octanol–water partition coefficient (Wildman–Crippen LogP) is 0.254. The number of aliphatic carboxylic acids is 1. The molecule has 2 rings (SSSR count). The summed E-state index contributed by atoms with van der Waals surface area (Å²) in [6.45, 7) is 1.44. The molecule has 0 spiro atoms. The van der Waals surface area contributed by atoms with Gasteiger partial charge in [-0.15, -0.1) is 0 Å². The van der Waals surface area contributed by atoms with Crippen molar-refractivity contribution in [2.24, 2.45) is 0 Å². The molecule has 1 unspecified atom stereocenters. The standard InChI is InChI=1S/C12H13IN2O5/c1-12(19,11(17)18)9-10(16)15(5-6-20-9)8-4-2-3-7(13)14-8/h2-4,9,19H,5-6H2,1H3,(H,17,18)/t9-,12?/m0/s1. The van der Waals surface area contributed by atoms with Crippen LogP contribution in [0.15, 0.2) is 18.2 Å². The molecule has 0 aliphatic carbocycles. The van der Waals surface area contributed by atoms with Gasteiger partial charge in [-0.25, -0.2) is 9.78 Å². The number of carboxylic acids is 1. The summed E-state index contributed by atoms with van der Waals surface area (Å²) in [4.78, 5) is 28.9. The van der Waals surface area contributed by atoms with Crippen LogP contribution in [0.3, 0.4) is 0 Å². The van der Waals surface area contributed by atoms with Crippen LogP contribution in [0, 0.1) is 3.70 Å². The molecular formula is C12H13IN2O5. The minimum atomic E-state index is -2.28. The molecule has 1 aromatic rings. The SMILES string of the molecule is CC(O)(C(=O)O)[C@H]1OCCN(c2cccc(I)n2)C1=O. The second-order valence-corrected chi connectivity index (χ2v) is 5.62. The number of aromatic nitrogens is 1. The lowest BCUT2D eigenvalue weighted by atomic mass is 9.97. The molecule has 0 aromatic carbocycles. The van der Waals surface area contributed by atoms with E-state index in [2.05, 4.69) is 4.98 Å². The van der Waals surface area contributed by atoms with Gasteiger partial charge in [0.2, 0.25) is 0 Å². The van der Waals surface area contributed by atoms with Crippen molar-refractivity contribution < 1.29 is 24.5 Å². The number of anilines is 1. The highest BCUT2D eigenvalue weighted by atomic mass is 127. The monoisotopic (exact) mass is 392 g/mol. The number of rotatable bonds is 3. The normalized spacial score (nSPS) is 22.4. The first-order chi connectivity index (χ1) is 9.34. The molecule has 2 heterocycles. The zero-order valence-corrected chi connectivity index (χ0v) is 12.8. The number of nitrogens with zero attached hydrogens (tertiary/aromatic N) is 2. The van der Waals surface area contributed by atoms with Crippen LogP contribution in [0.4, 0.5) is 5.82 Å². The number of pyridine rings is 1. The maximum Gasteiger partial charge on any atom is 0.338 e. The molecule has 1 amide bonds. The van der Waals surface area contributed by atoms with E-state index >= 15 is 0 Å². The molecule has 20 heavy (non-hydrogen) atoms. The van der Waals surface area contributed by atoms with Crippen molar-refractivity contribution in [3.8, 4) is 0 Å². The van der Waals surface area contributed by atoms with Crippen molar-refractivity contribution in [3.63, 3.8) is 0 Å². The van der Waals surface area contributed by atoms with Gasteiger partial charge in [-0.2, -0.15) is 0 Å². The van der Waals surface area contributed by atoms with E-state index < -0.39 is 23.6 Å². The summed E-state index contributed by atoms with van der Waals surface area (Å²) in [5.41, 5.74) is -2.28. The summed E-state index contributed by atoms with van der Waals surface area (Å²) in [6, 6.07) is 5.18. The average molecular weight is 392 g/mol. The Hall–Kier alpha value is -1.26. The van der Waals surface area contributed by atoms with E-state index in [1.54, 1.807) is 18.2 Å². The summed E-state index contributed by atoms with van der Waals surface area (Å²) in [5.74, 6) is -1.71. The second-order valence-electron chi connectivity index (χ2n) is 4.51. The number of halogens is 1. The zero-order valence-electron chi connectivity index (χ0n) is 10.6. The van der Waals surface area contributed by atoms with Gasteiger partial charge in [0.15, 0.2) is 11.7 Å². The third-order valence-corrected chi connectivity index (χ3v) is 3.61. The lowest BCUT2D eigenvalue weighted by Crippen LogP contribution is -2.60. The van der Waals surface area contributed by atoms with Gasteiger partial charge in [-0.1, -0.05) is 6.07 Å². The van der Waals surface area contributed by atoms with Gasteiger partial charge < -0.3 is 14.9 Å². The Bertz CT molecular complexity index is 548. The van der Waals surface area contributed by atoms with Crippen LogP contribution in [-0.4, -0.2) is 51.9 Å². The molecule has 8 heteroatoms. The van der Waals surface area contributed by atoms with Crippen LogP contribution >= 0.6 is 22.6 Å². The Morgan fingerprint density at radius 3 is 2.90 bits per heavy atom. The Kier molecular flexibility index (Phi) is 4.25. The molecule has 1 aromatic heterocycles. The van der Waals surface area contributed by atoms with Crippen molar-refractivity contribution >= 4 is 40.3 Å². The van der Waals surface area contributed by atoms with Crippen molar-refractivity contribution in [1.29, 1.82) is 0 Å². The van der Waals surface area contributed by atoms with Gasteiger partial charge in [-0.3, -0.25) is 9.69 Å². The van der Waals surface area contributed by atoms with E-state index in [-0.39, 0.29) is 13.2 Å². The molecule has 7 nitrogen and oxygen atoms in total. The molecule has 1 aliphatic rings. The van der Waals surface area contributed by atoms with E-state index in [4.69, 9.17) is 9.84 Å². The number of ether oxygens (including phenoxy) is 1. The van der Waals surface area contributed by atoms with Gasteiger partial charge in [0.05, 0.1) is 13.2 Å². The number of amides is 1. The molecule has 0 saturated carbocycles. The number of hydrogen-bond acceptors (Lipinski definition) is 5. The zero-order chi connectivity index (χ0) is 14.9. The summed E-state index contributed by atoms with van der Waals surface area (Å²) in [6.07, 6.45) is -1.45. The van der Waals surface area contributed by atoms with E-state index in [9.17, 15) is 14.7 Å². The molecule has 1 saturated heterocycles. The van der Waals surface area contributed by atoms with Crippen LogP contribution in [0.5, 0.6) is 0 Å². The fourth-order valence-electron chi connectivity index (χ4n) is 1.88. The Morgan fingerprint density at radius 1 is 1.60 bits per heavy atom. The van der Waals surface area contributed by atoms with Crippen LogP contribution in [0.1, 0.15) is 6.92 Å². The fourth-order valence-corrected chi connectivity index (χ4v) is 2.33. The number of hydrogen-bond donors (Lipinski definition) is 2. The number of carbonyl (C=O) groups is 2. The lowest BCUT2D eigenvalue weighted by Gasteiger charge is -2.36. The van der Waals surface area contributed by atoms with E-state index in [1.807, 2.05) is 22.6 Å². The number of carbonyl (C=O) groups excluding carboxylic acids is 1. The molecule has 2 N–H and O–H groups in total. The topological polar surface area (TPSA) is 100.0 Å². The van der Waals surface area contributed by atoms with Crippen LogP contribution < -0.4 is 4.90 Å². The third kappa shape index (κ3) is 2.76. The largest absolute Gasteiger partial charge is 0.479 e. The maximum atomic E-state index is 12.3. The molecule has 1 fully saturated rings. The highest BCUT2D eigenvalue weighted by Crippen LogP contribution is 2.23. The Morgan fingerprint density at radius 2 is 2.30 bits per heavy atom. The van der Waals surface area contributed by atoms with Gasteiger partial charge in [-0.05, 0) is 41.6 Å². The summed E-state index contributed by atoms with van der Waals surface area (Å²) >= 11 is 2.02. The second kappa shape index (κ2) is 5.62. The maximum absolute atomic E-state index is 12.3. The van der Waals surface area contributed by atoms with Crippen LogP contribution in [-0.2, 0) is 14.3 Å². The molecule has 108 valence electrons. The molecule has 2 atom stereocenters. The summed E-state index contributed by atoms with van der Waals surface area (Å²) in [7, 11) is 0.